The largest absolute Gasteiger partial charge is 0.290 e. The lowest BCUT2D eigenvalue weighted by atomic mass is 10.1. The normalized spacial score (nSPS) is 16.0. The first-order valence-electron chi connectivity index (χ1n) is 8.05. The predicted octanol–water partition coefficient (Wildman–Crippen LogP) is 4.72. The van der Waals surface area contributed by atoms with Crippen molar-refractivity contribution in [3.63, 3.8) is 0 Å². The second-order valence-corrected chi connectivity index (χ2v) is 8.99. The summed E-state index contributed by atoms with van der Waals surface area (Å²) in [5.74, 6) is 0.789. The molecule has 0 atom stereocenters. The average molecular weight is 366 g/mol. The lowest BCUT2D eigenvalue weighted by Gasteiger charge is -2.37. The molecule has 6 heteroatoms. The number of sulfone groups is 1. The molecule has 25 heavy (non-hydrogen) atoms. The van der Waals surface area contributed by atoms with Crippen LogP contribution in [0.3, 0.4) is 0 Å². The van der Waals surface area contributed by atoms with Gasteiger partial charge in [-0.25, -0.2) is 13.4 Å². The van der Waals surface area contributed by atoms with Gasteiger partial charge in [-0.15, -0.1) is 0 Å². The van der Waals surface area contributed by atoms with E-state index in [2.05, 4.69) is 11.9 Å². The summed E-state index contributed by atoms with van der Waals surface area (Å²) >= 11 is 1.57. The molecule has 0 bridgehead atoms. The highest BCUT2D eigenvalue weighted by atomic mass is 32.2. The molecule has 0 amide bonds. The van der Waals surface area contributed by atoms with E-state index >= 15 is 0 Å². The molecular weight excluding hydrogens is 352 g/mol. The predicted molar refractivity (Wildman–Crippen MR) is 97.9 cm³/mol. The highest BCUT2D eigenvalue weighted by molar-refractivity contribution is 8.00. The Labute approximate surface area is 150 Å². The number of hydrogen-bond acceptors (Lipinski definition) is 5. The van der Waals surface area contributed by atoms with Crippen LogP contribution < -0.4 is 4.90 Å². The molecule has 2 aromatic carbocycles. The van der Waals surface area contributed by atoms with Crippen LogP contribution in [0.25, 0.3) is 0 Å². The van der Waals surface area contributed by atoms with Gasteiger partial charge >= 0.3 is 0 Å². The first-order chi connectivity index (χ1) is 12.1. The third-order valence-electron chi connectivity index (χ3n) is 4.62. The topological polar surface area (TPSA) is 50.3 Å². The number of pyridine rings is 1. The molecule has 3 heterocycles. The van der Waals surface area contributed by atoms with Crippen molar-refractivity contribution in [2.45, 2.75) is 32.9 Å². The molecule has 2 aliphatic heterocycles. The molecule has 2 aliphatic rings. The number of fused-ring (bicyclic) bond motifs is 4. The van der Waals surface area contributed by atoms with Crippen LogP contribution in [0.5, 0.6) is 0 Å². The number of aromatic nitrogens is 1. The van der Waals surface area contributed by atoms with Crippen molar-refractivity contribution < 1.29 is 8.42 Å². The van der Waals surface area contributed by atoms with Crippen LogP contribution in [0.2, 0.25) is 0 Å². The molecule has 0 spiro atoms. The monoisotopic (exact) mass is 366 g/mol. The number of para-hydroxylation sites is 1. The second-order valence-electron chi connectivity index (χ2n) is 6.02. The van der Waals surface area contributed by atoms with E-state index in [1.54, 1.807) is 30.1 Å². The van der Waals surface area contributed by atoms with Gasteiger partial charge in [0.05, 0.1) is 26.1 Å². The Balaban J connectivity index is 1.93. The molecule has 124 valence electrons. The number of hydrogen-bond donors (Lipinski definition) is 0. The molecule has 0 saturated carbocycles. The second kappa shape index (κ2) is 5.09. The van der Waals surface area contributed by atoms with E-state index in [0.29, 0.717) is 15.5 Å². The summed E-state index contributed by atoms with van der Waals surface area (Å²) in [5.41, 5.74) is 2.52. The standard InChI is InChI=1S/C19H14N2O2S2/c1-2-12-8-9-16-13(11-12)21-18-14(5-3-7-17(18)25(16,22)23)24-15-6-4-10-20-19(15)21/h3-11H,2H2,1H3. The molecular formula is C19H14N2O2S2. The number of rotatable bonds is 1. The highest BCUT2D eigenvalue weighted by Gasteiger charge is 2.40. The van der Waals surface area contributed by atoms with E-state index in [9.17, 15) is 8.42 Å². The van der Waals surface area contributed by atoms with Crippen LogP contribution in [0.1, 0.15) is 12.5 Å². The van der Waals surface area contributed by atoms with Gasteiger partial charge in [0.25, 0.3) is 0 Å². The van der Waals surface area contributed by atoms with E-state index in [4.69, 9.17) is 0 Å². The fourth-order valence-electron chi connectivity index (χ4n) is 3.41. The summed E-state index contributed by atoms with van der Waals surface area (Å²) in [7, 11) is -3.54. The van der Waals surface area contributed by atoms with Gasteiger partial charge in [0.2, 0.25) is 9.84 Å². The van der Waals surface area contributed by atoms with Gasteiger partial charge in [-0.3, -0.25) is 4.90 Å². The molecule has 5 rings (SSSR count). The Morgan fingerprint density at radius 1 is 1.04 bits per heavy atom. The quantitative estimate of drug-likeness (QED) is 0.429. The minimum atomic E-state index is -3.54. The number of nitrogens with zero attached hydrogens (tertiary/aromatic N) is 2. The molecule has 0 saturated heterocycles. The Morgan fingerprint density at radius 2 is 1.88 bits per heavy atom. The molecule has 0 N–H and O–H groups in total. The SMILES string of the molecule is CCc1ccc2c(c1)N1c3ncccc3Sc3cccc(c31)S2(=O)=O. The van der Waals surface area contributed by atoms with Gasteiger partial charge < -0.3 is 0 Å². The van der Waals surface area contributed by atoms with Crippen molar-refractivity contribution >= 4 is 38.8 Å². The minimum absolute atomic E-state index is 0.345. The minimum Gasteiger partial charge on any atom is -0.290 e. The third kappa shape index (κ3) is 1.95. The van der Waals surface area contributed by atoms with E-state index < -0.39 is 9.84 Å². The molecule has 0 radical (unpaired) electrons. The van der Waals surface area contributed by atoms with Crippen LogP contribution in [0, 0.1) is 0 Å². The number of benzene rings is 2. The van der Waals surface area contributed by atoms with Crippen LogP contribution in [0.15, 0.2) is 74.3 Å². The summed E-state index contributed by atoms with van der Waals surface area (Å²) < 4.78 is 26.4. The molecule has 1 aromatic heterocycles. The summed E-state index contributed by atoms with van der Waals surface area (Å²) in [6.45, 7) is 2.07. The van der Waals surface area contributed by atoms with Crippen LogP contribution in [-0.4, -0.2) is 13.4 Å². The Kier molecular flexibility index (Phi) is 3.05. The zero-order valence-electron chi connectivity index (χ0n) is 13.4. The van der Waals surface area contributed by atoms with Crippen molar-refractivity contribution in [2.75, 3.05) is 4.90 Å². The third-order valence-corrected chi connectivity index (χ3v) is 7.54. The van der Waals surface area contributed by atoms with Gasteiger partial charge in [-0.05, 0) is 48.4 Å². The van der Waals surface area contributed by atoms with Gasteiger partial charge in [0, 0.05) is 11.1 Å². The first-order valence-corrected chi connectivity index (χ1v) is 10.4. The smallest absolute Gasteiger partial charge is 0.210 e. The summed E-state index contributed by atoms with van der Waals surface area (Å²) in [6.07, 6.45) is 2.60. The zero-order chi connectivity index (χ0) is 17.2. The Bertz CT molecular complexity index is 1140. The van der Waals surface area contributed by atoms with Crippen LogP contribution in [-0.2, 0) is 16.3 Å². The van der Waals surface area contributed by atoms with Crippen molar-refractivity contribution in [1.82, 2.24) is 4.98 Å². The summed E-state index contributed by atoms with van der Waals surface area (Å²) in [5, 5.41) is 0. The van der Waals surface area contributed by atoms with Gasteiger partial charge in [0.15, 0.2) is 5.82 Å². The van der Waals surface area contributed by atoms with Crippen LogP contribution >= 0.6 is 11.8 Å². The Morgan fingerprint density at radius 3 is 2.72 bits per heavy atom. The van der Waals surface area contributed by atoms with Crippen molar-refractivity contribution in [1.29, 1.82) is 0 Å². The van der Waals surface area contributed by atoms with Gasteiger partial charge in [0.1, 0.15) is 0 Å². The molecule has 0 aliphatic carbocycles. The van der Waals surface area contributed by atoms with Gasteiger partial charge in [-0.1, -0.05) is 30.8 Å². The van der Waals surface area contributed by atoms with Crippen molar-refractivity contribution in [3.05, 3.63) is 60.3 Å². The molecule has 0 fully saturated rings. The lowest BCUT2D eigenvalue weighted by molar-refractivity contribution is 0.594. The molecule has 0 unspecified atom stereocenters. The first kappa shape index (κ1) is 15.0. The maximum absolute atomic E-state index is 13.2. The summed E-state index contributed by atoms with van der Waals surface area (Å²) in [6, 6.07) is 15.0. The highest BCUT2D eigenvalue weighted by Crippen LogP contribution is 2.57. The number of anilines is 3. The molecule has 4 nitrogen and oxygen atoms in total. The van der Waals surface area contributed by atoms with Crippen molar-refractivity contribution in [3.8, 4) is 0 Å². The lowest BCUT2D eigenvalue weighted by Crippen LogP contribution is -2.25. The van der Waals surface area contributed by atoms with E-state index in [0.717, 1.165) is 33.3 Å². The molecule has 3 aromatic rings. The summed E-state index contributed by atoms with van der Waals surface area (Å²) in [4.78, 5) is 9.23. The van der Waals surface area contributed by atoms with E-state index in [1.165, 1.54) is 0 Å². The Hall–Kier alpha value is -2.31. The fourth-order valence-corrected chi connectivity index (χ4v) is 6.16. The number of aryl methyl sites for hydroxylation is 1. The zero-order valence-corrected chi connectivity index (χ0v) is 15.1. The van der Waals surface area contributed by atoms with E-state index in [-0.39, 0.29) is 0 Å². The maximum atomic E-state index is 13.2. The van der Waals surface area contributed by atoms with Crippen molar-refractivity contribution in [2.24, 2.45) is 0 Å². The van der Waals surface area contributed by atoms with Gasteiger partial charge in [-0.2, -0.15) is 0 Å². The average Bonchev–Trinajstić information content (AvgIpc) is 2.64. The van der Waals surface area contributed by atoms with E-state index in [1.807, 2.05) is 41.3 Å². The maximum Gasteiger partial charge on any atom is 0.210 e. The fraction of sp³-hybridized carbons (Fsp3) is 0.105. The van der Waals surface area contributed by atoms with Crippen LogP contribution in [0.4, 0.5) is 17.2 Å².